The van der Waals surface area contributed by atoms with Gasteiger partial charge in [0.15, 0.2) is 0 Å². The van der Waals surface area contributed by atoms with Crippen LogP contribution in [-0.2, 0) is 9.84 Å². The van der Waals surface area contributed by atoms with Crippen molar-refractivity contribution in [3.63, 3.8) is 0 Å². The lowest BCUT2D eigenvalue weighted by molar-refractivity contribution is -0.0436. The number of nitrogens with zero attached hydrogens (tertiary/aromatic N) is 1. The average molecular weight is 404 g/mol. The molecule has 5 nitrogen and oxygen atoms in total. The van der Waals surface area contributed by atoms with Crippen LogP contribution in [0.5, 0.6) is 0 Å². The van der Waals surface area contributed by atoms with Crippen molar-refractivity contribution in [3.05, 3.63) is 65.2 Å². The molecule has 2 rings (SSSR count). The van der Waals surface area contributed by atoms with Crippen LogP contribution in [0.2, 0.25) is 0 Å². The number of alkyl halides is 3. The van der Waals surface area contributed by atoms with Gasteiger partial charge < -0.3 is 5.32 Å². The molecule has 1 unspecified atom stereocenters. The quantitative estimate of drug-likeness (QED) is 0.793. The van der Waals surface area contributed by atoms with Crippen molar-refractivity contribution in [2.75, 3.05) is 0 Å². The molecule has 0 aliphatic rings. The molecule has 1 atom stereocenters. The summed E-state index contributed by atoms with van der Waals surface area (Å²) in [6.07, 6.45) is 0. The van der Waals surface area contributed by atoms with E-state index in [1.54, 1.807) is 6.07 Å². The van der Waals surface area contributed by atoms with Crippen LogP contribution in [0, 0.1) is 23.0 Å². The zero-order valence-corrected chi connectivity index (χ0v) is 13.9. The van der Waals surface area contributed by atoms with Crippen molar-refractivity contribution in [1.82, 2.24) is 5.32 Å². The van der Waals surface area contributed by atoms with Crippen LogP contribution in [0.3, 0.4) is 0 Å². The molecule has 0 saturated carbocycles. The van der Waals surface area contributed by atoms with Crippen molar-refractivity contribution in [1.29, 1.82) is 5.26 Å². The minimum absolute atomic E-state index is 0.265. The molecule has 0 saturated heterocycles. The van der Waals surface area contributed by atoms with E-state index in [-0.39, 0.29) is 11.1 Å². The van der Waals surface area contributed by atoms with Crippen LogP contribution in [0.4, 0.5) is 22.0 Å². The summed E-state index contributed by atoms with van der Waals surface area (Å²) in [5, 5.41) is 11.2. The van der Waals surface area contributed by atoms with Crippen LogP contribution in [0.25, 0.3) is 0 Å². The van der Waals surface area contributed by atoms with Crippen LogP contribution >= 0.6 is 0 Å². The molecule has 0 aromatic heterocycles. The Bertz CT molecular complexity index is 1010. The van der Waals surface area contributed by atoms with Crippen molar-refractivity contribution in [3.8, 4) is 6.07 Å². The highest BCUT2D eigenvalue weighted by atomic mass is 32.2. The molecule has 0 aliphatic carbocycles. The second kappa shape index (κ2) is 7.32. The lowest BCUT2D eigenvalue weighted by Gasteiger charge is -2.13. The zero-order valence-electron chi connectivity index (χ0n) is 13.1. The number of halogens is 5. The van der Waals surface area contributed by atoms with E-state index in [0.29, 0.717) is 18.2 Å². The topological polar surface area (TPSA) is 87.0 Å². The molecule has 2 aromatic carbocycles. The maximum Gasteiger partial charge on any atom is 0.501 e. The summed E-state index contributed by atoms with van der Waals surface area (Å²) in [4.78, 5) is 11.0. The number of carbonyl (C=O) groups is 1. The van der Waals surface area contributed by atoms with Crippen molar-refractivity contribution < 1.29 is 35.2 Å². The Labute approximate surface area is 150 Å². The van der Waals surface area contributed by atoms with Gasteiger partial charge in [-0.25, -0.2) is 17.2 Å². The van der Waals surface area contributed by atoms with Crippen LogP contribution in [0.1, 0.15) is 22.0 Å². The average Bonchev–Trinajstić information content (AvgIpc) is 2.59. The summed E-state index contributed by atoms with van der Waals surface area (Å²) in [5.74, 6) is -2.93. The predicted molar refractivity (Wildman–Crippen MR) is 81.9 cm³/mol. The first-order valence-corrected chi connectivity index (χ1v) is 8.52. The molecule has 0 aliphatic heterocycles. The first kappa shape index (κ1) is 20.3. The minimum atomic E-state index is -5.57. The molecule has 0 spiro atoms. The minimum Gasteiger partial charge on any atom is -0.332 e. The summed E-state index contributed by atoms with van der Waals surface area (Å²) >= 11 is 0. The first-order valence-electron chi connectivity index (χ1n) is 7.04. The van der Waals surface area contributed by atoms with E-state index in [4.69, 9.17) is 5.26 Å². The Kier molecular flexibility index (Phi) is 5.51. The van der Waals surface area contributed by atoms with Gasteiger partial charge in [-0.05, 0) is 30.3 Å². The van der Waals surface area contributed by atoms with Crippen molar-refractivity contribution in [2.45, 2.75) is 16.4 Å². The van der Waals surface area contributed by atoms with E-state index in [1.165, 1.54) is 0 Å². The third kappa shape index (κ3) is 4.22. The fourth-order valence-electron chi connectivity index (χ4n) is 2.05. The molecule has 0 bridgehead atoms. The van der Waals surface area contributed by atoms with Crippen LogP contribution in [-0.4, -0.2) is 19.8 Å². The molecular formula is C16H9F5N2O3S. The summed E-state index contributed by atoms with van der Waals surface area (Å²) in [6.45, 7) is 0. The number of nitriles is 1. The molecule has 0 heterocycles. The Hall–Kier alpha value is -3.00. The van der Waals surface area contributed by atoms with Gasteiger partial charge in [0.2, 0.25) is 0 Å². The van der Waals surface area contributed by atoms with Gasteiger partial charge in [-0.3, -0.25) is 4.79 Å². The molecule has 2 aromatic rings. The molecule has 11 heteroatoms. The monoisotopic (exact) mass is 404 g/mol. The van der Waals surface area contributed by atoms with Gasteiger partial charge in [0.1, 0.15) is 17.7 Å². The van der Waals surface area contributed by atoms with Crippen molar-refractivity contribution >= 4 is 15.7 Å². The highest BCUT2D eigenvalue weighted by molar-refractivity contribution is 7.92. The summed E-state index contributed by atoms with van der Waals surface area (Å²) in [5.41, 5.74) is -6.08. The molecule has 0 radical (unpaired) electrons. The second-order valence-electron chi connectivity index (χ2n) is 5.17. The fourth-order valence-corrected chi connectivity index (χ4v) is 2.81. The van der Waals surface area contributed by atoms with E-state index >= 15 is 0 Å². The number of rotatable bonds is 4. The normalized spacial score (nSPS) is 12.9. The largest absolute Gasteiger partial charge is 0.501 e. The Morgan fingerprint density at radius 3 is 2.15 bits per heavy atom. The Morgan fingerprint density at radius 2 is 1.67 bits per heavy atom. The molecule has 1 N–H and O–H groups in total. The smallest absolute Gasteiger partial charge is 0.332 e. The SMILES string of the molecule is N#CC(NC(=O)c1ccc(S(=O)(=O)C(F)(F)F)cc1)c1ccc(F)cc1F. The molecule has 142 valence electrons. The third-order valence-corrected chi connectivity index (χ3v) is 4.91. The predicted octanol–water partition coefficient (Wildman–Crippen LogP) is 3.25. The molecular weight excluding hydrogens is 395 g/mol. The number of sulfone groups is 1. The van der Waals surface area contributed by atoms with E-state index in [2.05, 4.69) is 5.32 Å². The maximum absolute atomic E-state index is 13.7. The number of amides is 1. The van der Waals surface area contributed by atoms with Gasteiger partial charge in [0.25, 0.3) is 15.7 Å². The zero-order chi connectivity index (χ0) is 20.4. The Morgan fingerprint density at radius 1 is 1.07 bits per heavy atom. The highest BCUT2D eigenvalue weighted by Crippen LogP contribution is 2.30. The maximum atomic E-state index is 13.7. The number of carbonyl (C=O) groups excluding carboxylic acids is 1. The summed E-state index contributed by atoms with van der Waals surface area (Å²) < 4.78 is 86.6. The van der Waals surface area contributed by atoms with E-state index in [0.717, 1.165) is 24.3 Å². The van der Waals surface area contributed by atoms with Gasteiger partial charge >= 0.3 is 5.51 Å². The summed E-state index contributed by atoms with van der Waals surface area (Å²) in [7, 11) is -5.57. The van der Waals surface area contributed by atoms with Gasteiger partial charge in [0.05, 0.1) is 11.0 Å². The lowest BCUT2D eigenvalue weighted by atomic mass is 10.1. The number of hydrogen-bond donors (Lipinski definition) is 1. The van der Waals surface area contributed by atoms with E-state index in [9.17, 15) is 35.2 Å². The van der Waals surface area contributed by atoms with Crippen LogP contribution < -0.4 is 5.32 Å². The van der Waals surface area contributed by atoms with E-state index < -0.39 is 43.8 Å². The second-order valence-corrected chi connectivity index (χ2v) is 7.12. The van der Waals surface area contributed by atoms with Crippen molar-refractivity contribution in [2.24, 2.45) is 0 Å². The molecule has 1 amide bonds. The Balaban J connectivity index is 2.24. The number of benzene rings is 2. The van der Waals surface area contributed by atoms with Gasteiger partial charge in [-0.15, -0.1) is 0 Å². The summed E-state index contributed by atoms with van der Waals surface area (Å²) in [6, 6.07) is 5.23. The molecule has 0 fully saturated rings. The fraction of sp³-hybridized carbons (Fsp3) is 0.125. The standard InChI is InChI=1S/C16H9F5N2O3S/c17-10-3-6-12(13(18)7-10)14(8-22)23-15(24)9-1-4-11(5-2-9)27(25,26)16(19,20)21/h1-7,14H,(H,23,24). The van der Waals surface area contributed by atoms with Gasteiger partial charge in [0, 0.05) is 17.2 Å². The van der Waals surface area contributed by atoms with Crippen LogP contribution in [0.15, 0.2) is 47.4 Å². The highest BCUT2D eigenvalue weighted by Gasteiger charge is 2.46. The molecule has 27 heavy (non-hydrogen) atoms. The van der Waals surface area contributed by atoms with Gasteiger partial charge in [-0.1, -0.05) is 6.07 Å². The third-order valence-electron chi connectivity index (χ3n) is 3.41. The number of hydrogen-bond acceptors (Lipinski definition) is 4. The first-order chi connectivity index (χ1) is 12.5. The lowest BCUT2D eigenvalue weighted by Crippen LogP contribution is -2.28. The number of nitrogens with one attached hydrogen (secondary N) is 1. The van der Waals surface area contributed by atoms with E-state index in [1.807, 2.05) is 0 Å². The van der Waals surface area contributed by atoms with Gasteiger partial charge in [-0.2, -0.15) is 18.4 Å².